The summed E-state index contributed by atoms with van der Waals surface area (Å²) < 4.78 is 0. The van der Waals surface area contributed by atoms with Gasteiger partial charge in [0.05, 0.1) is 11.2 Å². The van der Waals surface area contributed by atoms with E-state index in [0.717, 1.165) is 18.8 Å². The smallest absolute Gasteiger partial charge is 0.0798 e. The molecule has 4 heteroatoms. The van der Waals surface area contributed by atoms with Crippen molar-refractivity contribution in [3.05, 3.63) is 38.5 Å². The van der Waals surface area contributed by atoms with Crippen LogP contribution < -0.4 is 5.32 Å². The molecule has 0 spiro atoms. The highest BCUT2D eigenvalue weighted by Gasteiger charge is 2.06. The molecular formula is C12H16N2S2. The number of hydrogen-bond donors (Lipinski definition) is 1. The van der Waals surface area contributed by atoms with Crippen LogP contribution in [-0.2, 0) is 6.54 Å². The van der Waals surface area contributed by atoms with Crippen molar-refractivity contribution in [2.24, 2.45) is 0 Å². The Morgan fingerprint density at radius 2 is 2.38 bits per heavy atom. The molecule has 0 bridgehead atoms. The van der Waals surface area contributed by atoms with Gasteiger partial charge >= 0.3 is 0 Å². The summed E-state index contributed by atoms with van der Waals surface area (Å²) >= 11 is 3.49. The van der Waals surface area contributed by atoms with Crippen LogP contribution in [-0.4, -0.2) is 11.5 Å². The first-order valence-electron chi connectivity index (χ1n) is 5.39. The van der Waals surface area contributed by atoms with Crippen LogP contribution >= 0.6 is 22.7 Å². The van der Waals surface area contributed by atoms with Crippen molar-refractivity contribution in [1.29, 1.82) is 0 Å². The van der Waals surface area contributed by atoms with Crippen LogP contribution in [0.5, 0.6) is 0 Å². The molecule has 0 fully saturated rings. The molecule has 0 aromatic carbocycles. The summed E-state index contributed by atoms with van der Waals surface area (Å²) in [6.07, 6.45) is 0. The quantitative estimate of drug-likeness (QED) is 0.882. The van der Waals surface area contributed by atoms with Gasteiger partial charge in [-0.1, -0.05) is 6.92 Å². The fourth-order valence-electron chi connectivity index (χ4n) is 1.57. The summed E-state index contributed by atoms with van der Waals surface area (Å²) in [4.78, 5) is 5.59. The summed E-state index contributed by atoms with van der Waals surface area (Å²) in [5, 5.41) is 7.86. The maximum atomic E-state index is 4.24. The molecule has 1 unspecified atom stereocenters. The van der Waals surface area contributed by atoms with Crippen molar-refractivity contribution >= 4 is 22.7 Å². The lowest BCUT2D eigenvalue weighted by Crippen LogP contribution is -2.19. The number of thiophene rings is 1. The number of rotatable bonds is 5. The van der Waals surface area contributed by atoms with E-state index in [4.69, 9.17) is 0 Å². The predicted octanol–water partition coefficient (Wildman–Crippen LogP) is 3.41. The van der Waals surface area contributed by atoms with E-state index >= 15 is 0 Å². The SMILES string of the molecule is Cc1ncsc1CNCC(C)c1ccsc1. The van der Waals surface area contributed by atoms with E-state index in [1.807, 2.05) is 5.51 Å². The number of nitrogens with zero attached hydrogens (tertiary/aromatic N) is 1. The van der Waals surface area contributed by atoms with E-state index in [9.17, 15) is 0 Å². The van der Waals surface area contributed by atoms with Gasteiger partial charge in [0.1, 0.15) is 0 Å². The summed E-state index contributed by atoms with van der Waals surface area (Å²) in [6, 6.07) is 2.20. The average molecular weight is 252 g/mol. The van der Waals surface area contributed by atoms with Crippen molar-refractivity contribution < 1.29 is 0 Å². The molecule has 0 aliphatic rings. The molecule has 86 valence electrons. The summed E-state index contributed by atoms with van der Waals surface area (Å²) in [5.74, 6) is 0.583. The highest BCUT2D eigenvalue weighted by atomic mass is 32.1. The highest BCUT2D eigenvalue weighted by molar-refractivity contribution is 7.09. The Morgan fingerprint density at radius 3 is 3.00 bits per heavy atom. The number of nitrogens with one attached hydrogen (secondary N) is 1. The first-order valence-corrected chi connectivity index (χ1v) is 7.21. The largest absolute Gasteiger partial charge is 0.311 e. The maximum absolute atomic E-state index is 4.24. The van der Waals surface area contributed by atoms with Crippen LogP contribution in [0.2, 0.25) is 0 Å². The Balaban J connectivity index is 1.78. The molecule has 0 saturated carbocycles. The number of aryl methyl sites for hydroxylation is 1. The molecule has 16 heavy (non-hydrogen) atoms. The normalized spacial score (nSPS) is 12.9. The first-order chi connectivity index (χ1) is 7.77. The van der Waals surface area contributed by atoms with Crippen LogP contribution in [0.25, 0.3) is 0 Å². The zero-order chi connectivity index (χ0) is 11.4. The molecule has 0 radical (unpaired) electrons. The summed E-state index contributed by atoms with van der Waals surface area (Å²) in [7, 11) is 0. The van der Waals surface area contributed by atoms with E-state index < -0.39 is 0 Å². The van der Waals surface area contributed by atoms with Gasteiger partial charge in [0, 0.05) is 18.0 Å². The van der Waals surface area contributed by atoms with Crippen LogP contribution in [0.1, 0.15) is 29.0 Å². The Morgan fingerprint density at radius 1 is 1.50 bits per heavy atom. The van der Waals surface area contributed by atoms with Gasteiger partial charge in [-0.25, -0.2) is 4.98 Å². The highest BCUT2D eigenvalue weighted by Crippen LogP contribution is 2.17. The van der Waals surface area contributed by atoms with Crippen molar-refractivity contribution in [3.8, 4) is 0 Å². The fourth-order valence-corrected chi connectivity index (χ4v) is 3.10. The standard InChI is InChI=1S/C12H16N2S2/c1-9(11-3-4-15-7-11)5-13-6-12-10(2)14-8-16-12/h3-4,7-9,13H,5-6H2,1-2H3. The van der Waals surface area contributed by atoms with Gasteiger partial charge in [-0.05, 0) is 35.2 Å². The molecule has 1 atom stereocenters. The monoisotopic (exact) mass is 252 g/mol. The van der Waals surface area contributed by atoms with Gasteiger partial charge < -0.3 is 5.32 Å². The lowest BCUT2D eigenvalue weighted by atomic mass is 10.1. The number of hydrogen-bond acceptors (Lipinski definition) is 4. The fraction of sp³-hybridized carbons (Fsp3) is 0.417. The zero-order valence-electron chi connectivity index (χ0n) is 9.56. The van der Waals surface area contributed by atoms with Crippen LogP contribution in [0, 0.1) is 6.92 Å². The molecule has 0 saturated heterocycles. The Bertz CT molecular complexity index is 420. The number of thiazole rings is 1. The molecule has 2 heterocycles. The van der Waals surface area contributed by atoms with Crippen molar-refractivity contribution in [1.82, 2.24) is 10.3 Å². The van der Waals surface area contributed by atoms with Gasteiger partial charge in [-0.2, -0.15) is 11.3 Å². The molecule has 1 N–H and O–H groups in total. The lowest BCUT2D eigenvalue weighted by Gasteiger charge is -2.10. The van der Waals surface area contributed by atoms with Gasteiger partial charge in [-0.3, -0.25) is 0 Å². The molecular weight excluding hydrogens is 236 g/mol. The first kappa shape index (κ1) is 11.8. The molecule has 2 aromatic rings. The van der Waals surface area contributed by atoms with E-state index in [1.165, 1.54) is 10.4 Å². The zero-order valence-corrected chi connectivity index (χ0v) is 11.2. The third kappa shape index (κ3) is 2.90. The maximum Gasteiger partial charge on any atom is 0.0798 e. The van der Waals surface area contributed by atoms with Gasteiger partial charge in [-0.15, -0.1) is 11.3 Å². The minimum atomic E-state index is 0.583. The van der Waals surface area contributed by atoms with Crippen LogP contribution in [0.15, 0.2) is 22.3 Å². The molecule has 2 rings (SSSR count). The van der Waals surface area contributed by atoms with Gasteiger partial charge in [0.15, 0.2) is 0 Å². The molecule has 0 amide bonds. The second-order valence-corrected chi connectivity index (χ2v) is 5.67. The average Bonchev–Trinajstić information content (AvgIpc) is 2.90. The van der Waals surface area contributed by atoms with E-state index in [1.54, 1.807) is 22.7 Å². The topological polar surface area (TPSA) is 24.9 Å². The molecule has 0 aliphatic heterocycles. The number of aromatic nitrogens is 1. The van der Waals surface area contributed by atoms with Crippen LogP contribution in [0.3, 0.4) is 0 Å². The lowest BCUT2D eigenvalue weighted by molar-refractivity contribution is 0.618. The minimum Gasteiger partial charge on any atom is -0.311 e. The van der Waals surface area contributed by atoms with Crippen LogP contribution in [0.4, 0.5) is 0 Å². The third-order valence-corrected chi connectivity index (χ3v) is 4.33. The van der Waals surface area contributed by atoms with Crippen molar-refractivity contribution in [3.63, 3.8) is 0 Å². The van der Waals surface area contributed by atoms with Crippen molar-refractivity contribution in [2.45, 2.75) is 26.3 Å². The Kier molecular flexibility index (Phi) is 4.09. The summed E-state index contributed by atoms with van der Waals surface area (Å²) in [6.45, 7) is 6.28. The van der Waals surface area contributed by atoms with E-state index in [-0.39, 0.29) is 0 Å². The Hall–Kier alpha value is -0.710. The van der Waals surface area contributed by atoms with Gasteiger partial charge in [0.2, 0.25) is 0 Å². The Labute approximate surface area is 104 Å². The summed E-state index contributed by atoms with van der Waals surface area (Å²) in [5.41, 5.74) is 4.49. The second-order valence-electron chi connectivity index (χ2n) is 3.95. The molecule has 0 aliphatic carbocycles. The second kappa shape index (κ2) is 5.57. The molecule has 2 nitrogen and oxygen atoms in total. The third-order valence-electron chi connectivity index (χ3n) is 2.69. The van der Waals surface area contributed by atoms with E-state index in [0.29, 0.717) is 5.92 Å². The predicted molar refractivity (Wildman–Crippen MR) is 71.3 cm³/mol. The minimum absolute atomic E-state index is 0.583. The molecule has 2 aromatic heterocycles. The van der Waals surface area contributed by atoms with Gasteiger partial charge in [0.25, 0.3) is 0 Å². The van der Waals surface area contributed by atoms with Crippen molar-refractivity contribution in [2.75, 3.05) is 6.54 Å². The van der Waals surface area contributed by atoms with E-state index in [2.05, 4.69) is 41.0 Å².